The van der Waals surface area contributed by atoms with Crippen LogP contribution < -0.4 is 20.7 Å². The van der Waals surface area contributed by atoms with Crippen LogP contribution in [0.3, 0.4) is 0 Å². The van der Waals surface area contributed by atoms with Crippen molar-refractivity contribution in [3.05, 3.63) is 84.2 Å². The highest BCUT2D eigenvalue weighted by Crippen LogP contribution is 2.37. The van der Waals surface area contributed by atoms with Gasteiger partial charge in [-0.3, -0.25) is 9.78 Å². The largest absolute Gasteiger partial charge is 0.496 e. The number of anilines is 2. The molecule has 4 N–H and O–H groups in total. The molecule has 0 radical (unpaired) electrons. The van der Waals surface area contributed by atoms with Crippen molar-refractivity contribution in [2.75, 3.05) is 30.5 Å². The van der Waals surface area contributed by atoms with Crippen molar-refractivity contribution in [2.24, 2.45) is 5.73 Å². The summed E-state index contributed by atoms with van der Waals surface area (Å²) in [5.74, 6) is -0.761. The minimum Gasteiger partial charge on any atom is -0.496 e. The van der Waals surface area contributed by atoms with Gasteiger partial charge in [0.2, 0.25) is 0 Å². The van der Waals surface area contributed by atoms with Crippen LogP contribution in [0.5, 0.6) is 5.75 Å². The molecule has 1 amide bonds. The van der Waals surface area contributed by atoms with E-state index in [1.807, 2.05) is 42.2 Å². The second-order valence-corrected chi connectivity index (χ2v) is 9.39. The van der Waals surface area contributed by atoms with Crippen molar-refractivity contribution in [3.8, 4) is 28.3 Å². The molecule has 0 spiro atoms. The summed E-state index contributed by atoms with van der Waals surface area (Å²) in [7, 11) is 1.43. The number of pyridine rings is 1. The summed E-state index contributed by atoms with van der Waals surface area (Å²) >= 11 is 0. The Kier molecular flexibility index (Phi) is 7.49. The lowest BCUT2D eigenvalue weighted by molar-refractivity contribution is 0.102. The predicted octanol–water partition coefficient (Wildman–Crippen LogP) is 3.81. The van der Waals surface area contributed by atoms with Crippen LogP contribution in [0.25, 0.3) is 22.5 Å². The quantitative estimate of drug-likeness (QED) is 0.331. The van der Waals surface area contributed by atoms with E-state index in [-0.39, 0.29) is 41.5 Å². The molecule has 9 nitrogen and oxygen atoms in total. The molecule has 1 saturated heterocycles. The third-order valence-electron chi connectivity index (χ3n) is 6.84. The molecule has 2 aromatic heterocycles. The smallest absolute Gasteiger partial charge is 0.274 e. The summed E-state index contributed by atoms with van der Waals surface area (Å²) in [6.45, 7) is 2.38. The number of aryl methyl sites for hydroxylation is 1. The maximum atomic E-state index is 14.6. The lowest BCUT2D eigenvalue weighted by Gasteiger charge is -2.28. The van der Waals surface area contributed by atoms with E-state index < -0.39 is 11.7 Å². The van der Waals surface area contributed by atoms with E-state index in [0.717, 1.165) is 22.5 Å². The zero-order valence-corrected chi connectivity index (χ0v) is 21.6. The number of carbonyl (C=O) groups excluding carboxylic acids is 1. The zero-order chi connectivity index (χ0) is 27.5. The molecular weight excluding hydrogens is 499 g/mol. The number of ether oxygens (including phenoxy) is 1. The Labute approximate surface area is 225 Å². The molecule has 0 bridgehead atoms. The van der Waals surface area contributed by atoms with E-state index in [0.29, 0.717) is 18.7 Å². The molecule has 5 rings (SSSR count). The number of rotatable bonds is 7. The van der Waals surface area contributed by atoms with Crippen LogP contribution in [0.4, 0.5) is 15.8 Å². The molecule has 0 saturated carbocycles. The molecule has 200 valence electrons. The summed E-state index contributed by atoms with van der Waals surface area (Å²) in [6.07, 6.45) is 3.77. The minimum absolute atomic E-state index is 0.0334. The Morgan fingerprint density at radius 3 is 2.79 bits per heavy atom. The Hall–Kier alpha value is -4.41. The maximum Gasteiger partial charge on any atom is 0.274 e. The molecule has 0 unspecified atom stereocenters. The van der Waals surface area contributed by atoms with Gasteiger partial charge in [0.25, 0.3) is 5.91 Å². The van der Waals surface area contributed by atoms with Crippen LogP contribution in [0.15, 0.2) is 67.0 Å². The standard InChI is InChI=1S/C29H29FN6O3/c1-17-21(5-4-11-32-17)18-8-9-23(25(13-18)36-15-19(31)14-20(36)16-37)35-29(38)24-10-12-33-28(34-24)27-22(30)6-3-7-26(27)39-2/h3-13,19-20,37H,14-16,31H2,1-2H3,(H,35,38)/t19-,20-/m0/s1. The van der Waals surface area contributed by atoms with Gasteiger partial charge in [-0.25, -0.2) is 14.4 Å². The van der Waals surface area contributed by atoms with Gasteiger partial charge in [-0.15, -0.1) is 0 Å². The van der Waals surface area contributed by atoms with Crippen LogP contribution in [0.1, 0.15) is 22.6 Å². The van der Waals surface area contributed by atoms with E-state index >= 15 is 0 Å². The first-order chi connectivity index (χ1) is 18.9. The van der Waals surface area contributed by atoms with Gasteiger partial charge < -0.3 is 25.8 Å². The molecule has 0 aliphatic carbocycles. The van der Waals surface area contributed by atoms with Crippen molar-refractivity contribution in [2.45, 2.75) is 25.4 Å². The van der Waals surface area contributed by atoms with Crippen LogP contribution in [0.2, 0.25) is 0 Å². The van der Waals surface area contributed by atoms with Gasteiger partial charge in [0, 0.05) is 36.2 Å². The molecule has 2 atom stereocenters. The molecule has 1 fully saturated rings. The number of aromatic nitrogens is 3. The average Bonchev–Trinajstić information content (AvgIpc) is 3.33. The Bertz CT molecular complexity index is 1510. The third-order valence-corrected chi connectivity index (χ3v) is 6.84. The van der Waals surface area contributed by atoms with Gasteiger partial charge in [-0.05, 0) is 55.3 Å². The molecule has 1 aliphatic rings. The van der Waals surface area contributed by atoms with E-state index in [9.17, 15) is 14.3 Å². The highest BCUT2D eigenvalue weighted by molar-refractivity contribution is 6.05. The van der Waals surface area contributed by atoms with Gasteiger partial charge in [0.05, 0.1) is 36.7 Å². The monoisotopic (exact) mass is 528 g/mol. The second-order valence-electron chi connectivity index (χ2n) is 9.39. The molecular formula is C29H29FN6O3. The fourth-order valence-corrected chi connectivity index (χ4v) is 4.94. The average molecular weight is 529 g/mol. The molecule has 1 aliphatic heterocycles. The van der Waals surface area contributed by atoms with Gasteiger partial charge in [0.1, 0.15) is 17.3 Å². The summed E-state index contributed by atoms with van der Waals surface area (Å²) < 4.78 is 19.9. The van der Waals surface area contributed by atoms with Crippen molar-refractivity contribution >= 4 is 17.3 Å². The highest BCUT2D eigenvalue weighted by atomic mass is 19.1. The first-order valence-electron chi connectivity index (χ1n) is 12.6. The van der Waals surface area contributed by atoms with Crippen LogP contribution >= 0.6 is 0 Å². The minimum atomic E-state index is -0.559. The van der Waals surface area contributed by atoms with E-state index in [1.165, 1.54) is 31.5 Å². The summed E-state index contributed by atoms with van der Waals surface area (Å²) in [4.78, 5) is 28.3. The Morgan fingerprint density at radius 1 is 1.18 bits per heavy atom. The number of methoxy groups -OCH3 is 1. The first-order valence-corrected chi connectivity index (χ1v) is 12.6. The summed E-state index contributed by atoms with van der Waals surface area (Å²) in [5.41, 5.74) is 10.4. The Morgan fingerprint density at radius 2 is 2.03 bits per heavy atom. The SMILES string of the molecule is COc1cccc(F)c1-c1nccc(C(=O)Nc2ccc(-c3cccnc3C)cc2N2C[C@@H](N)C[C@H]2CO)n1. The van der Waals surface area contributed by atoms with E-state index in [2.05, 4.69) is 20.3 Å². The predicted molar refractivity (Wildman–Crippen MR) is 147 cm³/mol. The summed E-state index contributed by atoms with van der Waals surface area (Å²) in [5, 5.41) is 13.0. The molecule has 4 aromatic rings. The fourth-order valence-electron chi connectivity index (χ4n) is 4.94. The van der Waals surface area contributed by atoms with Crippen molar-refractivity contribution in [3.63, 3.8) is 0 Å². The van der Waals surface area contributed by atoms with Gasteiger partial charge in [0.15, 0.2) is 5.82 Å². The molecule has 2 aromatic carbocycles. The lowest BCUT2D eigenvalue weighted by atomic mass is 10.0. The molecule has 3 heterocycles. The number of nitrogens with two attached hydrogens (primary N) is 1. The number of aliphatic hydroxyl groups is 1. The van der Waals surface area contributed by atoms with Gasteiger partial charge >= 0.3 is 0 Å². The normalized spacial score (nSPS) is 16.8. The first kappa shape index (κ1) is 26.2. The maximum absolute atomic E-state index is 14.6. The highest BCUT2D eigenvalue weighted by Gasteiger charge is 2.31. The van der Waals surface area contributed by atoms with Crippen LogP contribution in [0, 0.1) is 12.7 Å². The number of nitrogens with one attached hydrogen (secondary N) is 1. The third kappa shape index (κ3) is 5.29. The number of halogens is 1. The van der Waals surface area contributed by atoms with Gasteiger partial charge in [-0.2, -0.15) is 0 Å². The number of nitrogens with zero attached hydrogens (tertiary/aromatic N) is 4. The Balaban J connectivity index is 1.52. The fraction of sp³-hybridized carbons (Fsp3) is 0.241. The molecule has 10 heteroatoms. The number of hydrogen-bond donors (Lipinski definition) is 3. The van der Waals surface area contributed by atoms with Crippen LogP contribution in [-0.4, -0.2) is 58.3 Å². The second kappa shape index (κ2) is 11.1. The topological polar surface area (TPSA) is 126 Å². The van der Waals surface area contributed by atoms with E-state index in [4.69, 9.17) is 10.5 Å². The lowest BCUT2D eigenvalue weighted by Crippen LogP contribution is -2.33. The van der Waals surface area contributed by atoms with Gasteiger partial charge in [-0.1, -0.05) is 18.2 Å². The number of aliphatic hydroxyl groups excluding tert-OH is 1. The van der Waals surface area contributed by atoms with E-state index in [1.54, 1.807) is 12.3 Å². The zero-order valence-electron chi connectivity index (χ0n) is 21.6. The number of benzene rings is 2. The van der Waals surface area contributed by atoms with Crippen molar-refractivity contribution < 1.29 is 19.0 Å². The van der Waals surface area contributed by atoms with Crippen LogP contribution in [-0.2, 0) is 0 Å². The summed E-state index contributed by atoms with van der Waals surface area (Å²) in [6, 6.07) is 15.1. The molecule has 39 heavy (non-hydrogen) atoms. The number of hydrogen-bond acceptors (Lipinski definition) is 8. The number of amides is 1. The van der Waals surface area contributed by atoms with Crippen molar-refractivity contribution in [1.82, 2.24) is 15.0 Å². The number of carbonyl (C=O) groups is 1. The van der Waals surface area contributed by atoms with Crippen molar-refractivity contribution in [1.29, 1.82) is 0 Å².